The minimum absolute atomic E-state index is 0.153. The van der Waals surface area contributed by atoms with Gasteiger partial charge in [-0.2, -0.15) is 0 Å². The van der Waals surface area contributed by atoms with Crippen LogP contribution in [0.4, 0.5) is 4.39 Å². The van der Waals surface area contributed by atoms with E-state index in [0.29, 0.717) is 23.6 Å². The van der Waals surface area contributed by atoms with Crippen LogP contribution in [-0.4, -0.2) is 15.9 Å². The number of carbonyl (C=O) groups is 1. The third-order valence-corrected chi connectivity index (χ3v) is 4.68. The first-order chi connectivity index (χ1) is 14.7. The predicted octanol–water partition coefficient (Wildman–Crippen LogP) is 4.71. The molecular weight excluding hydrogens is 381 g/mol. The Morgan fingerprint density at radius 1 is 0.967 bits per heavy atom. The SMILES string of the molecule is O=C(CCc1ncc(-c2ccccc2F)o1)NC(c1ccccc1)c1ccccn1. The number of amides is 1. The van der Waals surface area contributed by atoms with Crippen LogP contribution in [0.3, 0.4) is 0 Å². The molecule has 5 nitrogen and oxygen atoms in total. The van der Waals surface area contributed by atoms with Gasteiger partial charge in [-0.3, -0.25) is 9.78 Å². The van der Waals surface area contributed by atoms with E-state index < -0.39 is 0 Å². The van der Waals surface area contributed by atoms with Gasteiger partial charge in [0.25, 0.3) is 0 Å². The maximum atomic E-state index is 13.9. The third kappa shape index (κ3) is 4.60. The molecule has 2 aromatic heterocycles. The minimum Gasteiger partial charge on any atom is -0.441 e. The Hall–Kier alpha value is -3.80. The van der Waals surface area contributed by atoms with Crippen LogP contribution >= 0.6 is 0 Å². The molecule has 0 spiro atoms. The smallest absolute Gasteiger partial charge is 0.221 e. The molecule has 1 N–H and O–H groups in total. The number of benzene rings is 2. The molecule has 0 aliphatic carbocycles. The summed E-state index contributed by atoms with van der Waals surface area (Å²) in [4.78, 5) is 21.2. The van der Waals surface area contributed by atoms with Crippen LogP contribution in [0.2, 0.25) is 0 Å². The summed E-state index contributed by atoms with van der Waals surface area (Å²) in [6.45, 7) is 0. The number of hydrogen-bond acceptors (Lipinski definition) is 4. The Kier molecular flexibility index (Phi) is 5.94. The monoisotopic (exact) mass is 401 g/mol. The third-order valence-electron chi connectivity index (χ3n) is 4.68. The standard InChI is InChI=1S/C24H20FN3O2/c25-19-11-5-4-10-18(19)21-16-27-23(30-21)14-13-22(29)28-24(17-8-2-1-3-9-17)20-12-6-7-15-26-20/h1-12,15-16,24H,13-14H2,(H,28,29). The Morgan fingerprint density at radius 3 is 2.50 bits per heavy atom. The van der Waals surface area contributed by atoms with Gasteiger partial charge in [-0.25, -0.2) is 9.37 Å². The van der Waals surface area contributed by atoms with Gasteiger partial charge in [0.15, 0.2) is 11.7 Å². The molecule has 150 valence electrons. The molecule has 0 saturated heterocycles. The van der Waals surface area contributed by atoms with Gasteiger partial charge in [0.1, 0.15) is 5.82 Å². The van der Waals surface area contributed by atoms with E-state index in [4.69, 9.17) is 4.42 Å². The number of aromatic nitrogens is 2. The highest BCUT2D eigenvalue weighted by molar-refractivity contribution is 5.77. The summed E-state index contributed by atoms with van der Waals surface area (Å²) in [5.74, 6) is 0.204. The lowest BCUT2D eigenvalue weighted by atomic mass is 10.0. The van der Waals surface area contributed by atoms with Crippen molar-refractivity contribution in [2.24, 2.45) is 0 Å². The second kappa shape index (κ2) is 9.13. The van der Waals surface area contributed by atoms with Crippen LogP contribution in [0.5, 0.6) is 0 Å². The van der Waals surface area contributed by atoms with Crippen LogP contribution in [0, 0.1) is 5.82 Å². The molecule has 1 atom stereocenters. The largest absolute Gasteiger partial charge is 0.441 e. The van der Waals surface area contributed by atoms with E-state index in [0.717, 1.165) is 11.3 Å². The van der Waals surface area contributed by atoms with Crippen molar-refractivity contribution in [3.8, 4) is 11.3 Å². The predicted molar refractivity (Wildman–Crippen MR) is 111 cm³/mol. The zero-order chi connectivity index (χ0) is 20.8. The van der Waals surface area contributed by atoms with Crippen molar-refractivity contribution in [3.05, 3.63) is 108 Å². The quantitative estimate of drug-likeness (QED) is 0.487. The first kappa shape index (κ1) is 19.5. The Morgan fingerprint density at radius 2 is 1.73 bits per heavy atom. The van der Waals surface area contributed by atoms with Gasteiger partial charge in [-0.15, -0.1) is 0 Å². The fourth-order valence-electron chi connectivity index (χ4n) is 3.19. The van der Waals surface area contributed by atoms with E-state index in [-0.39, 0.29) is 24.2 Å². The molecule has 0 aliphatic rings. The molecule has 0 aliphatic heterocycles. The molecule has 0 bridgehead atoms. The van der Waals surface area contributed by atoms with E-state index in [2.05, 4.69) is 15.3 Å². The maximum Gasteiger partial charge on any atom is 0.221 e. The van der Waals surface area contributed by atoms with Crippen molar-refractivity contribution in [1.82, 2.24) is 15.3 Å². The molecule has 0 saturated carbocycles. The summed E-state index contributed by atoms with van der Waals surface area (Å²) in [5.41, 5.74) is 2.05. The van der Waals surface area contributed by atoms with Gasteiger partial charge >= 0.3 is 0 Å². The zero-order valence-electron chi connectivity index (χ0n) is 16.2. The van der Waals surface area contributed by atoms with Crippen molar-refractivity contribution < 1.29 is 13.6 Å². The second-order valence-electron chi connectivity index (χ2n) is 6.76. The molecule has 0 fully saturated rings. The molecule has 4 aromatic rings. The lowest BCUT2D eigenvalue weighted by Gasteiger charge is -2.18. The summed E-state index contributed by atoms with van der Waals surface area (Å²) in [7, 11) is 0. The van der Waals surface area contributed by atoms with Crippen LogP contribution in [-0.2, 0) is 11.2 Å². The number of nitrogens with one attached hydrogen (secondary N) is 1. The van der Waals surface area contributed by atoms with Crippen LogP contribution in [0.25, 0.3) is 11.3 Å². The van der Waals surface area contributed by atoms with E-state index in [9.17, 15) is 9.18 Å². The summed E-state index contributed by atoms with van der Waals surface area (Å²) >= 11 is 0. The first-order valence-electron chi connectivity index (χ1n) is 9.65. The zero-order valence-corrected chi connectivity index (χ0v) is 16.2. The molecule has 0 radical (unpaired) electrons. The number of halogens is 1. The van der Waals surface area contributed by atoms with Gasteiger partial charge in [0.05, 0.1) is 23.5 Å². The van der Waals surface area contributed by atoms with Crippen LogP contribution in [0.1, 0.15) is 29.6 Å². The highest BCUT2D eigenvalue weighted by Gasteiger charge is 2.18. The van der Waals surface area contributed by atoms with E-state index in [1.54, 1.807) is 24.4 Å². The average molecular weight is 401 g/mol. The number of aryl methyl sites for hydroxylation is 1. The van der Waals surface area contributed by atoms with E-state index >= 15 is 0 Å². The second-order valence-corrected chi connectivity index (χ2v) is 6.76. The minimum atomic E-state index is -0.376. The van der Waals surface area contributed by atoms with E-state index in [1.807, 2.05) is 48.5 Å². The Balaban J connectivity index is 1.43. The molecule has 30 heavy (non-hydrogen) atoms. The fourth-order valence-corrected chi connectivity index (χ4v) is 3.19. The van der Waals surface area contributed by atoms with E-state index in [1.165, 1.54) is 12.3 Å². The fraction of sp³-hybridized carbons (Fsp3) is 0.125. The average Bonchev–Trinajstić information content (AvgIpc) is 3.26. The molecule has 4 rings (SSSR count). The Labute approximate surface area is 173 Å². The van der Waals surface area contributed by atoms with Gasteiger partial charge in [-0.05, 0) is 29.8 Å². The first-order valence-corrected chi connectivity index (χ1v) is 9.65. The van der Waals surface area contributed by atoms with Crippen LogP contribution in [0.15, 0.2) is 89.6 Å². The van der Waals surface area contributed by atoms with Gasteiger partial charge in [0, 0.05) is 19.0 Å². The number of pyridine rings is 1. The van der Waals surface area contributed by atoms with Gasteiger partial charge in [0.2, 0.25) is 5.91 Å². The lowest BCUT2D eigenvalue weighted by molar-refractivity contribution is -0.121. The maximum absolute atomic E-state index is 13.9. The highest BCUT2D eigenvalue weighted by atomic mass is 19.1. The number of hydrogen-bond donors (Lipinski definition) is 1. The van der Waals surface area contributed by atoms with Crippen molar-refractivity contribution in [1.29, 1.82) is 0 Å². The van der Waals surface area contributed by atoms with Gasteiger partial charge in [-0.1, -0.05) is 48.5 Å². The summed E-state index contributed by atoms with van der Waals surface area (Å²) in [6, 6.07) is 21.3. The van der Waals surface area contributed by atoms with Gasteiger partial charge < -0.3 is 9.73 Å². The number of rotatable bonds is 7. The van der Waals surface area contributed by atoms with Crippen molar-refractivity contribution >= 4 is 5.91 Å². The number of nitrogens with zero attached hydrogens (tertiary/aromatic N) is 2. The molecule has 1 unspecified atom stereocenters. The van der Waals surface area contributed by atoms with Crippen molar-refractivity contribution in [2.45, 2.75) is 18.9 Å². The normalized spacial score (nSPS) is 11.8. The lowest BCUT2D eigenvalue weighted by Crippen LogP contribution is -2.30. The topological polar surface area (TPSA) is 68.0 Å². The number of carbonyl (C=O) groups excluding carboxylic acids is 1. The summed E-state index contributed by atoms with van der Waals surface area (Å²) < 4.78 is 19.5. The molecule has 2 aromatic carbocycles. The Bertz CT molecular complexity index is 1070. The molecule has 2 heterocycles. The molecule has 1 amide bonds. The highest BCUT2D eigenvalue weighted by Crippen LogP contribution is 2.24. The van der Waals surface area contributed by atoms with Crippen molar-refractivity contribution in [2.75, 3.05) is 0 Å². The molecule has 6 heteroatoms. The molecular formula is C24H20FN3O2. The van der Waals surface area contributed by atoms with Crippen molar-refractivity contribution in [3.63, 3.8) is 0 Å². The summed E-state index contributed by atoms with van der Waals surface area (Å²) in [6.07, 6.45) is 3.68. The number of oxazole rings is 1. The summed E-state index contributed by atoms with van der Waals surface area (Å²) in [5, 5.41) is 3.04. The van der Waals surface area contributed by atoms with Crippen LogP contribution < -0.4 is 5.32 Å².